The third kappa shape index (κ3) is 4.25. The van der Waals surface area contributed by atoms with Crippen LogP contribution < -0.4 is 10.9 Å². The van der Waals surface area contributed by atoms with E-state index >= 15 is 0 Å². The first-order valence-corrected chi connectivity index (χ1v) is 10.1. The molecule has 0 radical (unpaired) electrons. The van der Waals surface area contributed by atoms with Crippen molar-refractivity contribution in [2.24, 2.45) is 0 Å². The zero-order chi connectivity index (χ0) is 18.7. The number of carbonyl (C=O) groups is 1. The maximum Gasteiger partial charge on any atom is 0.258 e. The van der Waals surface area contributed by atoms with Crippen molar-refractivity contribution < 1.29 is 9.90 Å². The van der Waals surface area contributed by atoms with Crippen LogP contribution >= 0.6 is 23.1 Å². The fraction of sp³-hybridized carbons (Fsp3) is 0.278. The highest BCUT2D eigenvalue weighted by Crippen LogP contribution is 2.22. The van der Waals surface area contributed by atoms with E-state index in [0.29, 0.717) is 34.5 Å². The molecule has 0 saturated carbocycles. The summed E-state index contributed by atoms with van der Waals surface area (Å²) in [6.45, 7) is 4.09. The summed E-state index contributed by atoms with van der Waals surface area (Å²) in [6, 6.07) is 5.24. The van der Waals surface area contributed by atoms with Gasteiger partial charge in [0.2, 0.25) is 5.91 Å². The highest BCUT2D eigenvalue weighted by atomic mass is 32.2. The molecule has 2 aromatic heterocycles. The Morgan fingerprint density at radius 1 is 1.31 bits per heavy atom. The Labute approximate surface area is 158 Å². The predicted molar refractivity (Wildman–Crippen MR) is 105 cm³/mol. The van der Waals surface area contributed by atoms with Gasteiger partial charge < -0.3 is 10.4 Å². The van der Waals surface area contributed by atoms with Crippen molar-refractivity contribution in [3.63, 3.8) is 0 Å². The minimum atomic E-state index is -0.102. The minimum absolute atomic E-state index is 0.0766. The molecule has 0 spiro atoms. The number of nitrogens with one attached hydrogen (secondary N) is 1. The molecule has 0 unspecified atom stereocenters. The Morgan fingerprint density at radius 3 is 2.77 bits per heavy atom. The molecule has 0 aliphatic rings. The number of fused-ring (bicyclic) bond motifs is 1. The van der Waals surface area contributed by atoms with Crippen LogP contribution in [0, 0.1) is 13.8 Å². The van der Waals surface area contributed by atoms with Gasteiger partial charge in [-0.15, -0.1) is 23.1 Å². The Hall–Kier alpha value is -2.32. The molecule has 8 heteroatoms. The van der Waals surface area contributed by atoms with E-state index in [-0.39, 0.29) is 11.5 Å². The van der Waals surface area contributed by atoms with E-state index in [9.17, 15) is 14.7 Å². The predicted octanol–water partition coefficient (Wildman–Crippen LogP) is 2.63. The van der Waals surface area contributed by atoms with Crippen molar-refractivity contribution in [3.8, 4) is 5.75 Å². The lowest BCUT2D eigenvalue weighted by atomic mass is 10.1. The van der Waals surface area contributed by atoms with Crippen molar-refractivity contribution >= 4 is 34.0 Å². The van der Waals surface area contributed by atoms with E-state index in [4.69, 9.17) is 0 Å². The molecule has 26 heavy (non-hydrogen) atoms. The molecule has 1 amide bonds. The van der Waals surface area contributed by atoms with Crippen molar-refractivity contribution in [1.29, 1.82) is 0 Å². The third-order valence-electron chi connectivity index (χ3n) is 3.88. The number of nitrogens with zero attached hydrogens (tertiary/aromatic N) is 2. The number of aromatic hydroxyl groups is 1. The maximum absolute atomic E-state index is 12.0. The van der Waals surface area contributed by atoms with Gasteiger partial charge in [-0.25, -0.2) is 4.98 Å². The van der Waals surface area contributed by atoms with Crippen molar-refractivity contribution in [1.82, 2.24) is 14.7 Å². The quantitative estimate of drug-likeness (QED) is 0.677. The minimum Gasteiger partial charge on any atom is -0.507 e. The van der Waals surface area contributed by atoms with Gasteiger partial charge >= 0.3 is 0 Å². The average Bonchev–Trinajstić information content (AvgIpc) is 3.07. The number of hydrogen-bond acceptors (Lipinski definition) is 6. The van der Waals surface area contributed by atoms with Crippen molar-refractivity contribution in [2.75, 3.05) is 5.75 Å². The molecule has 0 atom stereocenters. The van der Waals surface area contributed by atoms with Crippen LogP contribution in [0.3, 0.4) is 0 Å². The fourth-order valence-electron chi connectivity index (χ4n) is 2.61. The average molecular weight is 390 g/mol. The van der Waals surface area contributed by atoms with Gasteiger partial charge in [-0.05, 0) is 30.5 Å². The Morgan fingerprint density at radius 2 is 2.04 bits per heavy atom. The van der Waals surface area contributed by atoms with Crippen LogP contribution in [0.1, 0.15) is 22.4 Å². The van der Waals surface area contributed by atoms with Crippen LogP contribution in [0.15, 0.2) is 34.6 Å². The van der Waals surface area contributed by atoms with Crippen molar-refractivity contribution in [2.45, 2.75) is 26.1 Å². The summed E-state index contributed by atoms with van der Waals surface area (Å²) in [4.78, 5) is 29.0. The van der Waals surface area contributed by atoms with Gasteiger partial charge in [0.1, 0.15) is 5.75 Å². The second-order valence-electron chi connectivity index (χ2n) is 5.99. The van der Waals surface area contributed by atoms with Crippen LogP contribution in [0.2, 0.25) is 0 Å². The number of amides is 1. The van der Waals surface area contributed by atoms with Gasteiger partial charge in [-0.2, -0.15) is 0 Å². The summed E-state index contributed by atoms with van der Waals surface area (Å²) in [7, 11) is 0. The van der Waals surface area contributed by atoms with Gasteiger partial charge in [0.05, 0.1) is 11.4 Å². The number of thioether (sulfide) groups is 1. The van der Waals surface area contributed by atoms with E-state index in [1.807, 2.05) is 31.4 Å². The lowest BCUT2D eigenvalue weighted by Gasteiger charge is -2.09. The number of hydrogen-bond donors (Lipinski definition) is 2. The maximum atomic E-state index is 12.0. The van der Waals surface area contributed by atoms with Gasteiger partial charge in [0.25, 0.3) is 5.56 Å². The molecule has 0 bridgehead atoms. The molecule has 0 aliphatic carbocycles. The highest BCUT2D eigenvalue weighted by molar-refractivity contribution is 7.99. The largest absolute Gasteiger partial charge is 0.507 e. The molecule has 3 aromatic rings. The molecule has 0 aliphatic heterocycles. The summed E-state index contributed by atoms with van der Waals surface area (Å²) in [6.07, 6.45) is 1.70. The Kier molecular flexibility index (Phi) is 5.63. The first kappa shape index (κ1) is 18.5. The SMILES string of the molecule is Cc1cc(CNC(=O)CSCc2cc(=O)n3ccsc3n2)cc(C)c1O. The molecule has 0 saturated heterocycles. The summed E-state index contributed by atoms with van der Waals surface area (Å²) in [5, 5.41) is 14.5. The molecular formula is C18H19N3O3S2. The number of phenolic OH excluding ortho intramolecular Hbond substituents is 1. The number of aryl methyl sites for hydroxylation is 2. The topological polar surface area (TPSA) is 83.7 Å². The number of benzene rings is 1. The number of rotatable bonds is 6. The monoisotopic (exact) mass is 389 g/mol. The van der Waals surface area contributed by atoms with E-state index < -0.39 is 0 Å². The highest BCUT2D eigenvalue weighted by Gasteiger charge is 2.07. The smallest absolute Gasteiger partial charge is 0.258 e. The second-order valence-corrected chi connectivity index (χ2v) is 7.85. The molecule has 3 rings (SSSR count). The summed E-state index contributed by atoms with van der Waals surface area (Å²) < 4.78 is 1.51. The lowest BCUT2D eigenvalue weighted by Crippen LogP contribution is -2.24. The summed E-state index contributed by atoms with van der Waals surface area (Å²) in [5.41, 5.74) is 3.12. The zero-order valence-electron chi connectivity index (χ0n) is 14.5. The standard InChI is InChI=1S/C18H19N3O3S2/c1-11-5-13(6-12(2)17(11)24)8-19-15(22)10-25-9-14-7-16(23)21-3-4-26-18(21)20-14/h3-7,24H,8-10H2,1-2H3,(H,19,22). The molecule has 136 valence electrons. The van der Waals surface area contributed by atoms with Gasteiger partial charge in [-0.1, -0.05) is 12.1 Å². The number of thiazole rings is 1. The van der Waals surface area contributed by atoms with E-state index in [1.54, 1.807) is 6.20 Å². The van der Waals surface area contributed by atoms with Crippen LogP contribution in [0.5, 0.6) is 5.75 Å². The fourth-order valence-corrected chi connectivity index (χ4v) is 4.09. The third-order valence-corrected chi connectivity index (χ3v) is 5.60. The zero-order valence-corrected chi connectivity index (χ0v) is 16.1. The molecule has 1 aromatic carbocycles. The Balaban J connectivity index is 1.50. The molecule has 2 heterocycles. The van der Waals surface area contributed by atoms with Crippen LogP contribution in [0.4, 0.5) is 0 Å². The molecule has 0 fully saturated rings. The normalized spacial score (nSPS) is 11.0. The molecule has 6 nitrogen and oxygen atoms in total. The first-order chi connectivity index (χ1) is 12.4. The molecule has 2 N–H and O–H groups in total. The van der Waals surface area contributed by atoms with E-state index in [2.05, 4.69) is 10.3 Å². The van der Waals surface area contributed by atoms with Crippen molar-refractivity contribution in [3.05, 3.63) is 62.5 Å². The number of aromatic nitrogens is 2. The van der Waals surface area contributed by atoms with Gasteiger partial charge in [0.15, 0.2) is 4.96 Å². The first-order valence-electron chi connectivity index (χ1n) is 8.03. The summed E-state index contributed by atoms with van der Waals surface area (Å²) >= 11 is 2.83. The van der Waals surface area contributed by atoms with E-state index in [1.165, 1.54) is 33.6 Å². The summed E-state index contributed by atoms with van der Waals surface area (Å²) in [5.74, 6) is 1.02. The Bertz CT molecular complexity index is 987. The number of carbonyl (C=O) groups excluding carboxylic acids is 1. The van der Waals surface area contributed by atoms with Gasteiger partial charge in [0, 0.05) is 29.9 Å². The van der Waals surface area contributed by atoms with E-state index in [0.717, 1.165) is 16.7 Å². The van der Waals surface area contributed by atoms with Crippen LogP contribution in [-0.4, -0.2) is 26.2 Å². The van der Waals surface area contributed by atoms with Crippen LogP contribution in [0.25, 0.3) is 4.96 Å². The second kappa shape index (κ2) is 7.92. The van der Waals surface area contributed by atoms with Crippen LogP contribution in [-0.2, 0) is 17.1 Å². The molecular weight excluding hydrogens is 370 g/mol. The van der Waals surface area contributed by atoms with Gasteiger partial charge in [-0.3, -0.25) is 14.0 Å². The lowest BCUT2D eigenvalue weighted by molar-refractivity contribution is -0.118. The number of phenols is 1.